The van der Waals surface area contributed by atoms with E-state index in [1.54, 1.807) is 11.3 Å². The monoisotopic (exact) mass is 281 g/mol. The predicted octanol–water partition coefficient (Wildman–Crippen LogP) is 3.88. The summed E-state index contributed by atoms with van der Waals surface area (Å²) in [7, 11) is 0. The number of aryl methyl sites for hydroxylation is 1. The largest absolute Gasteiger partial charge is 0.492 e. The number of hydrogen-bond donors (Lipinski definition) is 1. The molecule has 0 aliphatic heterocycles. The summed E-state index contributed by atoms with van der Waals surface area (Å²) >= 11 is 7.66. The molecule has 1 heterocycles. The van der Waals surface area contributed by atoms with Crippen molar-refractivity contribution in [3.63, 3.8) is 0 Å². The Morgan fingerprint density at radius 2 is 2.22 bits per heavy atom. The van der Waals surface area contributed by atoms with E-state index in [4.69, 9.17) is 16.3 Å². The molecule has 0 spiro atoms. The molecule has 4 heteroatoms. The Morgan fingerprint density at radius 1 is 1.33 bits per heavy atom. The van der Waals surface area contributed by atoms with Gasteiger partial charge in [-0.05, 0) is 42.1 Å². The maximum atomic E-state index is 5.88. The molecular weight excluding hydrogens is 266 g/mol. The number of halogens is 1. The number of rotatable bonds is 6. The molecule has 0 aliphatic carbocycles. The highest BCUT2D eigenvalue weighted by Gasteiger charge is 1.99. The molecule has 18 heavy (non-hydrogen) atoms. The smallest absolute Gasteiger partial charge is 0.120 e. The van der Waals surface area contributed by atoms with Crippen LogP contribution in [0.25, 0.3) is 0 Å². The Balaban J connectivity index is 1.66. The van der Waals surface area contributed by atoms with Crippen molar-refractivity contribution in [2.24, 2.45) is 0 Å². The van der Waals surface area contributed by atoms with Crippen LogP contribution in [0.15, 0.2) is 35.7 Å². The van der Waals surface area contributed by atoms with Gasteiger partial charge in [-0.25, -0.2) is 0 Å². The molecule has 0 atom stereocenters. The molecule has 0 amide bonds. The van der Waals surface area contributed by atoms with E-state index in [0.29, 0.717) is 11.6 Å². The lowest BCUT2D eigenvalue weighted by molar-refractivity contribution is 0.314. The van der Waals surface area contributed by atoms with E-state index >= 15 is 0 Å². The number of hydrogen-bond acceptors (Lipinski definition) is 3. The number of benzene rings is 1. The maximum Gasteiger partial charge on any atom is 0.120 e. The van der Waals surface area contributed by atoms with Crippen molar-refractivity contribution in [2.75, 3.05) is 13.2 Å². The second-order valence-electron chi connectivity index (χ2n) is 4.01. The van der Waals surface area contributed by atoms with Gasteiger partial charge in [0.15, 0.2) is 0 Å². The number of thiophene rings is 1. The lowest BCUT2D eigenvalue weighted by Gasteiger charge is -2.07. The zero-order valence-corrected chi connectivity index (χ0v) is 11.9. The molecule has 1 aromatic carbocycles. The number of nitrogens with one attached hydrogen (secondary N) is 1. The van der Waals surface area contributed by atoms with E-state index in [2.05, 4.69) is 23.7 Å². The third kappa shape index (κ3) is 4.02. The van der Waals surface area contributed by atoms with Gasteiger partial charge in [0.2, 0.25) is 0 Å². The van der Waals surface area contributed by atoms with Gasteiger partial charge >= 0.3 is 0 Å². The highest BCUT2D eigenvalue weighted by molar-refractivity contribution is 7.10. The van der Waals surface area contributed by atoms with E-state index < -0.39 is 0 Å². The summed E-state index contributed by atoms with van der Waals surface area (Å²) in [5, 5.41) is 6.19. The van der Waals surface area contributed by atoms with Crippen molar-refractivity contribution in [2.45, 2.75) is 13.5 Å². The van der Waals surface area contributed by atoms with Crippen LogP contribution < -0.4 is 10.1 Å². The fourth-order valence-electron chi connectivity index (χ4n) is 1.58. The molecule has 96 valence electrons. The fourth-order valence-corrected chi connectivity index (χ4v) is 2.64. The van der Waals surface area contributed by atoms with Gasteiger partial charge in [-0.3, -0.25) is 0 Å². The van der Waals surface area contributed by atoms with Crippen molar-refractivity contribution in [3.8, 4) is 5.75 Å². The van der Waals surface area contributed by atoms with E-state index in [0.717, 1.165) is 18.8 Å². The van der Waals surface area contributed by atoms with Gasteiger partial charge in [-0.15, -0.1) is 11.3 Å². The van der Waals surface area contributed by atoms with Crippen molar-refractivity contribution >= 4 is 22.9 Å². The van der Waals surface area contributed by atoms with E-state index in [-0.39, 0.29) is 0 Å². The molecular formula is C14H16ClNOS. The topological polar surface area (TPSA) is 21.3 Å². The molecule has 2 nitrogen and oxygen atoms in total. The first-order valence-corrected chi connectivity index (χ1v) is 7.13. The van der Waals surface area contributed by atoms with Crippen LogP contribution in [-0.2, 0) is 6.54 Å². The summed E-state index contributed by atoms with van der Waals surface area (Å²) in [4.78, 5) is 1.39. The lowest BCUT2D eigenvalue weighted by Crippen LogP contribution is -2.20. The molecule has 0 aliphatic rings. The fraction of sp³-hybridized carbons (Fsp3) is 0.286. The minimum Gasteiger partial charge on any atom is -0.492 e. The van der Waals surface area contributed by atoms with Crippen LogP contribution in [0.4, 0.5) is 0 Å². The predicted molar refractivity (Wildman–Crippen MR) is 77.7 cm³/mol. The summed E-state index contributed by atoms with van der Waals surface area (Å²) in [6.45, 7) is 4.51. The van der Waals surface area contributed by atoms with Gasteiger partial charge in [0, 0.05) is 23.0 Å². The Morgan fingerprint density at radius 3 is 2.94 bits per heavy atom. The average Bonchev–Trinajstić information content (AvgIpc) is 2.75. The first-order valence-electron chi connectivity index (χ1n) is 5.88. The maximum absolute atomic E-state index is 5.88. The summed E-state index contributed by atoms with van der Waals surface area (Å²) in [6.07, 6.45) is 0. The molecule has 1 N–H and O–H groups in total. The molecule has 2 aromatic rings. The lowest BCUT2D eigenvalue weighted by atomic mass is 10.3. The van der Waals surface area contributed by atoms with Gasteiger partial charge < -0.3 is 10.1 Å². The standard InChI is InChI=1S/C14H16ClNOS/c1-11-5-8-18-14(11)10-16-6-7-17-13-4-2-3-12(15)9-13/h2-5,8-9,16H,6-7,10H2,1H3. The molecule has 0 bridgehead atoms. The summed E-state index contributed by atoms with van der Waals surface area (Å²) in [6, 6.07) is 9.61. The van der Waals surface area contributed by atoms with Crippen LogP contribution in [0.2, 0.25) is 5.02 Å². The molecule has 1 aromatic heterocycles. The van der Waals surface area contributed by atoms with Crippen LogP contribution in [0, 0.1) is 6.92 Å². The second kappa shape index (κ2) is 6.78. The van der Waals surface area contributed by atoms with Crippen LogP contribution in [0.5, 0.6) is 5.75 Å². The summed E-state index contributed by atoms with van der Waals surface area (Å²) in [5.74, 6) is 0.816. The Hall–Kier alpha value is -1.03. The second-order valence-corrected chi connectivity index (χ2v) is 5.45. The number of ether oxygens (including phenoxy) is 1. The quantitative estimate of drug-likeness (QED) is 0.812. The van der Waals surface area contributed by atoms with Crippen molar-refractivity contribution in [3.05, 3.63) is 51.2 Å². The van der Waals surface area contributed by atoms with Gasteiger partial charge in [0.25, 0.3) is 0 Å². The van der Waals surface area contributed by atoms with Crippen molar-refractivity contribution in [1.82, 2.24) is 5.32 Å². The Bertz CT molecular complexity index is 498. The van der Waals surface area contributed by atoms with Gasteiger partial charge in [-0.1, -0.05) is 17.7 Å². The first-order chi connectivity index (χ1) is 8.75. The zero-order chi connectivity index (χ0) is 12.8. The van der Waals surface area contributed by atoms with E-state index in [9.17, 15) is 0 Å². The normalized spacial score (nSPS) is 10.6. The third-order valence-electron chi connectivity index (χ3n) is 2.60. The zero-order valence-electron chi connectivity index (χ0n) is 10.3. The molecule has 2 rings (SSSR count). The van der Waals surface area contributed by atoms with Crippen LogP contribution in [0.1, 0.15) is 10.4 Å². The Kier molecular flexibility index (Phi) is 5.05. The van der Waals surface area contributed by atoms with E-state index in [1.807, 2.05) is 24.3 Å². The van der Waals surface area contributed by atoms with Gasteiger partial charge in [0.1, 0.15) is 12.4 Å². The van der Waals surface area contributed by atoms with Crippen LogP contribution >= 0.6 is 22.9 Å². The van der Waals surface area contributed by atoms with Crippen molar-refractivity contribution in [1.29, 1.82) is 0 Å². The third-order valence-corrected chi connectivity index (χ3v) is 3.86. The molecule has 0 fully saturated rings. The summed E-state index contributed by atoms with van der Waals surface area (Å²) in [5.41, 5.74) is 1.35. The molecule has 0 saturated heterocycles. The molecule has 0 unspecified atom stereocenters. The highest BCUT2D eigenvalue weighted by atomic mass is 35.5. The van der Waals surface area contributed by atoms with Gasteiger partial charge in [-0.2, -0.15) is 0 Å². The molecule has 0 saturated carbocycles. The van der Waals surface area contributed by atoms with Crippen LogP contribution in [-0.4, -0.2) is 13.2 Å². The summed E-state index contributed by atoms with van der Waals surface area (Å²) < 4.78 is 5.59. The average molecular weight is 282 g/mol. The van der Waals surface area contributed by atoms with Gasteiger partial charge in [0.05, 0.1) is 0 Å². The minimum absolute atomic E-state index is 0.644. The highest BCUT2D eigenvalue weighted by Crippen LogP contribution is 2.17. The van der Waals surface area contributed by atoms with Crippen molar-refractivity contribution < 1.29 is 4.74 Å². The minimum atomic E-state index is 0.644. The van der Waals surface area contributed by atoms with Crippen LogP contribution in [0.3, 0.4) is 0 Å². The molecule has 0 radical (unpaired) electrons. The first kappa shape index (κ1) is 13.4. The van der Waals surface area contributed by atoms with E-state index in [1.165, 1.54) is 10.4 Å². The Labute approximate surface area is 117 Å². The SMILES string of the molecule is Cc1ccsc1CNCCOc1cccc(Cl)c1.